The zero-order valence-corrected chi connectivity index (χ0v) is 16.4. The number of fused-ring (bicyclic) bond motifs is 1. The van der Waals surface area contributed by atoms with Crippen LogP contribution in [0.4, 0.5) is 5.69 Å². The molecule has 0 aliphatic rings. The molecule has 0 aliphatic carbocycles. The largest absolute Gasteiger partial charge is 0.497 e. The van der Waals surface area contributed by atoms with Crippen molar-refractivity contribution in [2.24, 2.45) is 0 Å². The van der Waals surface area contributed by atoms with Crippen molar-refractivity contribution in [1.29, 1.82) is 0 Å². The van der Waals surface area contributed by atoms with Crippen LogP contribution in [0.1, 0.15) is 23.6 Å². The number of furan rings is 1. The Kier molecular flexibility index (Phi) is 5.68. The van der Waals surface area contributed by atoms with E-state index >= 15 is 0 Å². The third kappa shape index (κ3) is 4.34. The molecule has 1 heterocycles. The molecule has 0 bridgehead atoms. The molecular formula is C22H23NO5. The minimum atomic E-state index is -0.930. The molecule has 1 amide bonds. The van der Waals surface area contributed by atoms with E-state index in [1.807, 2.05) is 26.0 Å². The first-order chi connectivity index (χ1) is 13.4. The van der Waals surface area contributed by atoms with Crippen LogP contribution in [0.15, 0.2) is 47.1 Å². The summed E-state index contributed by atoms with van der Waals surface area (Å²) in [7, 11) is 1.55. The number of nitrogens with one attached hydrogen (secondary N) is 1. The maximum absolute atomic E-state index is 12.3. The van der Waals surface area contributed by atoms with Crippen LogP contribution in [0.25, 0.3) is 11.0 Å². The number of rotatable bonds is 6. The molecule has 0 saturated carbocycles. The highest BCUT2D eigenvalue weighted by Crippen LogP contribution is 2.25. The normalized spacial score (nSPS) is 11.9. The van der Waals surface area contributed by atoms with Crippen LogP contribution in [0, 0.1) is 13.8 Å². The van der Waals surface area contributed by atoms with Crippen LogP contribution in [0.3, 0.4) is 0 Å². The minimum Gasteiger partial charge on any atom is -0.497 e. The zero-order chi connectivity index (χ0) is 20.3. The number of hydrogen-bond donors (Lipinski definition) is 1. The van der Waals surface area contributed by atoms with Gasteiger partial charge in [-0.2, -0.15) is 0 Å². The number of carbonyl (C=O) groups excluding carboxylic acids is 2. The maximum Gasteiger partial charge on any atom is 0.311 e. The molecular weight excluding hydrogens is 358 g/mol. The van der Waals surface area contributed by atoms with Crippen molar-refractivity contribution in [3.63, 3.8) is 0 Å². The van der Waals surface area contributed by atoms with E-state index < -0.39 is 18.0 Å². The van der Waals surface area contributed by atoms with Gasteiger partial charge in [0.05, 0.1) is 19.8 Å². The highest BCUT2D eigenvalue weighted by Gasteiger charge is 2.20. The first-order valence-corrected chi connectivity index (χ1v) is 8.99. The number of hydrogen-bond acceptors (Lipinski definition) is 5. The van der Waals surface area contributed by atoms with Crippen LogP contribution in [-0.4, -0.2) is 25.1 Å². The Morgan fingerprint density at radius 1 is 1.14 bits per heavy atom. The molecule has 0 unspecified atom stereocenters. The molecule has 28 heavy (non-hydrogen) atoms. The summed E-state index contributed by atoms with van der Waals surface area (Å²) in [6, 6.07) is 10.9. The van der Waals surface area contributed by atoms with Gasteiger partial charge in [-0.15, -0.1) is 0 Å². The van der Waals surface area contributed by atoms with Gasteiger partial charge >= 0.3 is 5.97 Å². The number of carbonyl (C=O) groups is 2. The number of esters is 1. The van der Waals surface area contributed by atoms with Gasteiger partial charge in [0.25, 0.3) is 5.91 Å². The Labute approximate surface area is 163 Å². The fourth-order valence-corrected chi connectivity index (χ4v) is 2.87. The molecule has 1 N–H and O–H groups in total. The van der Waals surface area contributed by atoms with E-state index in [2.05, 4.69) is 5.32 Å². The van der Waals surface area contributed by atoms with E-state index in [0.29, 0.717) is 11.4 Å². The van der Waals surface area contributed by atoms with Crippen molar-refractivity contribution in [1.82, 2.24) is 0 Å². The van der Waals surface area contributed by atoms with Crippen molar-refractivity contribution in [2.45, 2.75) is 33.3 Å². The van der Waals surface area contributed by atoms with E-state index in [9.17, 15) is 9.59 Å². The lowest BCUT2D eigenvalue weighted by Crippen LogP contribution is -2.30. The molecule has 146 valence electrons. The van der Waals surface area contributed by atoms with Crippen LogP contribution in [-0.2, 0) is 20.7 Å². The predicted octanol–water partition coefficient (Wildman–Crippen LogP) is 4.17. The van der Waals surface area contributed by atoms with Gasteiger partial charge in [0.2, 0.25) is 0 Å². The predicted molar refractivity (Wildman–Crippen MR) is 107 cm³/mol. The Morgan fingerprint density at radius 2 is 1.89 bits per heavy atom. The number of ether oxygens (including phenoxy) is 2. The molecule has 3 rings (SSSR count). The summed E-state index contributed by atoms with van der Waals surface area (Å²) in [4.78, 5) is 24.6. The molecule has 0 spiro atoms. The lowest BCUT2D eigenvalue weighted by atomic mass is 10.0. The fraction of sp³-hybridized carbons (Fsp3) is 0.273. The van der Waals surface area contributed by atoms with Crippen LogP contribution in [0.5, 0.6) is 5.75 Å². The number of anilines is 1. The number of benzene rings is 2. The van der Waals surface area contributed by atoms with Gasteiger partial charge in [-0.1, -0.05) is 6.07 Å². The molecule has 0 fully saturated rings. The molecule has 6 nitrogen and oxygen atoms in total. The molecule has 1 atom stereocenters. The number of aryl methyl sites for hydroxylation is 2. The molecule has 3 aromatic rings. The lowest BCUT2D eigenvalue weighted by molar-refractivity contribution is -0.152. The van der Waals surface area contributed by atoms with E-state index in [-0.39, 0.29) is 6.42 Å². The Balaban J connectivity index is 1.62. The van der Waals surface area contributed by atoms with Crippen LogP contribution < -0.4 is 10.1 Å². The summed E-state index contributed by atoms with van der Waals surface area (Å²) in [6.07, 6.45) is 0.666. The van der Waals surface area contributed by atoms with Crippen LogP contribution in [0.2, 0.25) is 0 Å². The second-order valence-electron chi connectivity index (χ2n) is 6.72. The highest BCUT2D eigenvalue weighted by molar-refractivity contribution is 5.95. The zero-order valence-electron chi connectivity index (χ0n) is 16.4. The topological polar surface area (TPSA) is 77.8 Å². The SMILES string of the molecule is COc1cccc(NC(=O)[C@H](C)OC(=O)Cc2coc3cc(C)c(C)cc23)c1. The van der Waals surface area contributed by atoms with Crippen molar-refractivity contribution in [3.8, 4) is 5.75 Å². The van der Waals surface area contributed by atoms with Gasteiger partial charge in [-0.05, 0) is 56.2 Å². The van der Waals surface area contributed by atoms with Gasteiger partial charge in [-0.25, -0.2) is 0 Å². The summed E-state index contributed by atoms with van der Waals surface area (Å²) in [5.41, 5.74) is 4.28. The van der Waals surface area contributed by atoms with E-state index in [1.54, 1.807) is 37.6 Å². The first kappa shape index (κ1) is 19.5. The smallest absolute Gasteiger partial charge is 0.311 e. The van der Waals surface area contributed by atoms with Crippen molar-refractivity contribution in [3.05, 3.63) is 59.4 Å². The Bertz CT molecular complexity index is 1020. The summed E-state index contributed by atoms with van der Waals surface area (Å²) in [5, 5.41) is 3.59. The first-order valence-electron chi connectivity index (χ1n) is 8.99. The highest BCUT2D eigenvalue weighted by atomic mass is 16.5. The molecule has 1 aromatic heterocycles. The van der Waals surface area contributed by atoms with Crippen molar-refractivity contribution in [2.75, 3.05) is 12.4 Å². The number of amides is 1. The third-order valence-electron chi connectivity index (χ3n) is 4.62. The second kappa shape index (κ2) is 8.17. The molecule has 6 heteroatoms. The van der Waals surface area contributed by atoms with Gasteiger partial charge < -0.3 is 19.2 Å². The monoisotopic (exact) mass is 381 g/mol. The van der Waals surface area contributed by atoms with Gasteiger partial charge in [0.15, 0.2) is 6.10 Å². The quantitative estimate of drug-likeness (QED) is 0.649. The average Bonchev–Trinajstić information content (AvgIpc) is 3.03. The third-order valence-corrected chi connectivity index (χ3v) is 4.62. The minimum absolute atomic E-state index is 0.0340. The van der Waals surface area contributed by atoms with Gasteiger partial charge in [-0.3, -0.25) is 9.59 Å². The maximum atomic E-state index is 12.3. The summed E-state index contributed by atoms with van der Waals surface area (Å²) < 4.78 is 16.0. The molecule has 0 saturated heterocycles. The summed E-state index contributed by atoms with van der Waals surface area (Å²) in [6.45, 7) is 5.55. The number of methoxy groups -OCH3 is 1. The Morgan fingerprint density at radius 3 is 2.64 bits per heavy atom. The van der Waals surface area contributed by atoms with Crippen LogP contribution >= 0.6 is 0 Å². The summed E-state index contributed by atoms with van der Waals surface area (Å²) >= 11 is 0. The van der Waals surface area contributed by atoms with E-state index in [4.69, 9.17) is 13.9 Å². The second-order valence-corrected chi connectivity index (χ2v) is 6.72. The van der Waals surface area contributed by atoms with Crippen molar-refractivity contribution >= 4 is 28.5 Å². The Hall–Kier alpha value is -3.28. The molecule has 2 aromatic carbocycles. The average molecular weight is 381 g/mol. The van der Waals surface area contributed by atoms with Gasteiger partial charge in [0.1, 0.15) is 11.3 Å². The molecule has 0 aliphatic heterocycles. The lowest BCUT2D eigenvalue weighted by Gasteiger charge is -2.14. The summed E-state index contributed by atoms with van der Waals surface area (Å²) in [5.74, 6) is -0.279. The standard InChI is InChI=1S/C22H23NO5/c1-13-8-19-16(12-27-20(19)9-14(13)2)10-21(24)28-15(3)22(25)23-17-6-5-7-18(11-17)26-4/h5-9,11-12,15H,10H2,1-4H3,(H,23,25)/t15-/m0/s1. The van der Waals surface area contributed by atoms with E-state index in [1.165, 1.54) is 6.92 Å². The van der Waals surface area contributed by atoms with Gasteiger partial charge in [0, 0.05) is 22.7 Å². The molecule has 0 radical (unpaired) electrons. The van der Waals surface area contributed by atoms with E-state index in [0.717, 1.165) is 27.7 Å². The fourth-order valence-electron chi connectivity index (χ4n) is 2.87. The van der Waals surface area contributed by atoms with Crippen molar-refractivity contribution < 1.29 is 23.5 Å².